The van der Waals surface area contributed by atoms with Gasteiger partial charge in [-0.05, 0) is 50.7 Å². The number of aromatic nitrogens is 4. The number of benzene rings is 1. The van der Waals surface area contributed by atoms with Crippen LogP contribution < -0.4 is 15.8 Å². The fraction of sp³-hybridized carbons (Fsp3) is 0.462. The fourth-order valence-corrected chi connectivity index (χ4v) is 6.85. The van der Waals surface area contributed by atoms with E-state index in [4.69, 9.17) is 15.2 Å². The third-order valence-electron chi connectivity index (χ3n) is 7.67. The number of fused-ring (bicyclic) bond motifs is 4. The molecule has 0 bridgehead atoms. The van der Waals surface area contributed by atoms with Crippen molar-refractivity contribution in [2.45, 2.75) is 44.7 Å². The molecule has 0 saturated carbocycles. The topological polar surface area (TPSA) is 131 Å². The highest BCUT2D eigenvalue weighted by molar-refractivity contribution is 7.19. The number of aromatic amines is 1. The Labute approximate surface area is 218 Å². The monoisotopic (exact) mass is 521 g/mol. The summed E-state index contributed by atoms with van der Waals surface area (Å²) >= 11 is 1.72. The number of aryl methyl sites for hydroxylation is 1. The van der Waals surface area contributed by atoms with Gasteiger partial charge in [0.1, 0.15) is 29.3 Å². The molecule has 2 aliphatic rings. The highest BCUT2D eigenvalue weighted by atomic mass is 32.1. The largest absolute Gasteiger partial charge is 0.490 e. The molecule has 1 aromatic carbocycles. The van der Waals surface area contributed by atoms with Gasteiger partial charge in [0.2, 0.25) is 6.41 Å². The smallest absolute Gasteiger partial charge is 0.210 e. The Bertz CT molecular complexity index is 1450. The van der Waals surface area contributed by atoms with E-state index in [1.807, 2.05) is 24.0 Å². The molecular formula is C26H31N7O3S. The molecule has 6 rings (SSSR count). The maximum Gasteiger partial charge on any atom is 0.210 e. The molecule has 1 amide bonds. The average Bonchev–Trinajstić information content (AvgIpc) is 3.51. The molecule has 1 aliphatic heterocycles. The lowest BCUT2D eigenvalue weighted by Gasteiger charge is -2.48. The van der Waals surface area contributed by atoms with Crippen molar-refractivity contribution in [3.05, 3.63) is 35.1 Å². The number of thiophene rings is 1. The van der Waals surface area contributed by atoms with E-state index in [0.717, 1.165) is 58.3 Å². The van der Waals surface area contributed by atoms with E-state index < -0.39 is 0 Å². The Hall–Kier alpha value is -3.28. The second-order valence-electron chi connectivity index (χ2n) is 10.3. The highest BCUT2D eigenvalue weighted by Crippen LogP contribution is 2.45. The van der Waals surface area contributed by atoms with E-state index in [9.17, 15) is 4.79 Å². The molecule has 1 saturated heterocycles. The number of nitrogens with zero attached hydrogens (tertiary/aromatic N) is 4. The van der Waals surface area contributed by atoms with Crippen molar-refractivity contribution in [1.82, 2.24) is 25.1 Å². The van der Waals surface area contributed by atoms with Crippen LogP contribution in [0, 0.1) is 5.92 Å². The van der Waals surface area contributed by atoms with Gasteiger partial charge in [0, 0.05) is 28.9 Å². The van der Waals surface area contributed by atoms with Crippen LogP contribution in [0.25, 0.3) is 21.1 Å². The standard InChI is InChI=1S/C26H31N7O3S/c1-15(27)11-36-21-9-19-16(10-30-32-19)7-20(21)31-24-23-18-4-3-17(8-22(18)37-25(23)29-13-28-24)26(2)12-35-6-5-33(26)14-34/h7,9-10,13-15,17H,3-6,8,11-12,27H2,1-2H3,(H,30,32)(H,28,29,31)/t15-,17+,26-/m1/s1. The van der Waals surface area contributed by atoms with E-state index in [0.29, 0.717) is 38.0 Å². The van der Waals surface area contributed by atoms with Crippen LogP contribution in [0.3, 0.4) is 0 Å². The van der Waals surface area contributed by atoms with E-state index in [1.54, 1.807) is 23.9 Å². The van der Waals surface area contributed by atoms with Gasteiger partial charge in [-0.2, -0.15) is 5.10 Å². The van der Waals surface area contributed by atoms with Crippen LogP contribution in [-0.2, 0) is 22.4 Å². The summed E-state index contributed by atoms with van der Waals surface area (Å²) in [4.78, 5) is 25.3. The van der Waals surface area contributed by atoms with Crippen molar-refractivity contribution in [3.63, 3.8) is 0 Å². The number of ether oxygens (including phenoxy) is 2. The summed E-state index contributed by atoms with van der Waals surface area (Å²) in [5, 5.41) is 12.7. The molecular weight excluding hydrogens is 490 g/mol. The minimum absolute atomic E-state index is 0.0977. The van der Waals surface area contributed by atoms with Crippen molar-refractivity contribution in [3.8, 4) is 5.75 Å². The maximum atomic E-state index is 11.8. The summed E-state index contributed by atoms with van der Waals surface area (Å²) in [6.07, 6.45) is 7.14. The summed E-state index contributed by atoms with van der Waals surface area (Å²) in [5.41, 5.74) is 8.63. The second kappa shape index (κ2) is 9.55. The molecule has 0 unspecified atom stereocenters. The molecule has 0 spiro atoms. The Morgan fingerprint density at radius 1 is 1.43 bits per heavy atom. The normalized spacial score (nSPS) is 22.7. The first-order valence-corrected chi connectivity index (χ1v) is 13.5. The molecule has 1 aliphatic carbocycles. The Balaban J connectivity index is 1.34. The van der Waals surface area contributed by atoms with E-state index >= 15 is 0 Å². The molecule has 4 heterocycles. The van der Waals surface area contributed by atoms with Gasteiger partial charge in [0.15, 0.2) is 0 Å². The van der Waals surface area contributed by atoms with Gasteiger partial charge in [-0.3, -0.25) is 9.89 Å². The predicted molar refractivity (Wildman–Crippen MR) is 143 cm³/mol. The third-order valence-corrected chi connectivity index (χ3v) is 8.84. The van der Waals surface area contributed by atoms with E-state index in [2.05, 4.69) is 32.4 Å². The molecule has 37 heavy (non-hydrogen) atoms. The minimum Gasteiger partial charge on any atom is -0.490 e. The molecule has 4 aromatic rings. The molecule has 1 fully saturated rings. The number of anilines is 2. The van der Waals surface area contributed by atoms with Crippen molar-refractivity contribution < 1.29 is 14.3 Å². The number of nitrogens with two attached hydrogens (primary N) is 1. The van der Waals surface area contributed by atoms with Gasteiger partial charge in [-0.1, -0.05) is 0 Å². The predicted octanol–water partition coefficient (Wildman–Crippen LogP) is 3.39. The van der Waals surface area contributed by atoms with E-state index in [-0.39, 0.29) is 11.6 Å². The number of carbonyl (C=O) groups excluding carboxylic acids is 1. The Kier molecular flexibility index (Phi) is 6.21. The van der Waals surface area contributed by atoms with Crippen molar-refractivity contribution in [1.29, 1.82) is 0 Å². The highest BCUT2D eigenvalue weighted by Gasteiger charge is 2.43. The summed E-state index contributed by atoms with van der Waals surface area (Å²) in [6.45, 7) is 6.28. The Morgan fingerprint density at radius 3 is 3.16 bits per heavy atom. The number of morpholine rings is 1. The summed E-state index contributed by atoms with van der Waals surface area (Å²) in [5.74, 6) is 1.77. The van der Waals surface area contributed by atoms with Crippen LogP contribution in [0.1, 0.15) is 30.7 Å². The first-order valence-electron chi connectivity index (χ1n) is 12.6. The van der Waals surface area contributed by atoms with Gasteiger partial charge in [0.05, 0.1) is 41.5 Å². The zero-order valence-electron chi connectivity index (χ0n) is 21.0. The van der Waals surface area contributed by atoms with Gasteiger partial charge in [0.25, 0.3) is 0 Å². The number of hydrogen-bond donors (Lipinski definition) is 3. The zero-order valence-corrected chi connectivity index (χ0v) is 21.8. The lowest BCUT2D eigenvalue weighted by molar-refractivity contribution is -0.140. The number of carbonyl (C=O) groups is 1. The number of nitrogens with one attached hydrogen (secondary N) is 2. The SMILES string of the molecule is C[C@@H](N)COc1cc2[nH]ncc2cc1Nc1ncnc2sc3c(c12)CC[C@H]([C@@]1(C)COCCN1C=O)C3. The van der Waals surface area contributed by atoms with E-state index in [1.165, 1.54) is 10.4 Å². The van der Waals surface area contributed by atoms with Gasteiger partial charge >= 0.3 is 0 Å². The van der Waals surface area contributed by atoms with Crippen LogP contribution in [-0.4, -0.2) is 69.4 Å². The second-order valence-corrected chi connectivity index (χ2v) is 11.4. The van der Waals surface area contributed by atoms with Crippen molar-refractivity contribution in [2.24, 2.45) is 11.7 Å². The molecule has 11 heteroatoms. The zero-order chi connectivity index (χ0) is 25.6. The molecule has 194 valence electrons. The number of hydrogen-bond acceptors (Lipinski definition) is 9. The van der Waals surface area contributed by atoms with Crippen LogP contribution in [0.4, 0.5) is 11.5 Å². The van der Waals surface area contributed by atoms with Crippen LogP contribution in [0.15, 0.2) is 24.7 Å². The first-order chi connectivity index (χ1) is 18.0. The molecule has 3 atom stereocenters. The van der Waals surface area contributed by atoms with Crippen LogP contribution >= 0.6 is 11.3 Å². The maximum absolute atomic E-state index is 11.8. The molecule has 10 nitrogen and oxygen atoms in total. The first kappa shape index (κ1) is 24.1. The van der Waals surface area contributed by atoms with Crippen molar-refractivity contribution in [2.75, 3.05) is 31.7 Å². The fourth-order valence-electron chi connectivity index (χ4n) is 5.58. The summed E-state index contributed by atoms with van der Waals surface area (Å²) < 4.78 is 11.9. The van der Waals surface area contributed by atoms with Gasteiger partial charge in [-0.15, -0.1) is 11.3 Å². The van der Waals surface area contributed by atoms with Gasteiger partial charge < -0.3 is 25.4 Å². The minimum atomic E-state index is -0.299. The van der Waals surface area contributed by atoms with Crippen LogP contribution in [0.5, 0.6) is 5.75 Å². The summed E-state index contributed by atoms with van der Waals surface area (Å²) in [6, 6.07) is 3.85. The van der Waals surface area contributed by atoms with Gasteiger partial charge in [-0.25, -0.2) is 9.97 Å². The molecule has 3 aromatic heterocycles. The lowest BCUT2D eigenvalue weighted by Crippen LogP contribution is -2.59. The molecule has 0 radical (unpaired) electrons. The lowest BCUT2D eigenvalue weighted by atomic mass is 9.74. The number of rotatable bonds is 7. The summed E-state index contributed by atoms with van der Waals surface area (Å²) in [7, 11) is 0. The average molecular weight is 522 g/mol. The Morgan fingerprint density at radius 2 is 2.32 bits per heavy atom. The van der Waals surface area contributed by atoms with Crippen molar-refractivity contribution >= 4 is 50.4 Å². The quantitative estimate of drug-likeness (QED) is 0.316. The molecule has 4 N–H and O–H groups in total. The third kappa shape index (κ3) is 4.30. The number of amides is 1. The number of H-pyrrole nitrogens is 1. The van der Waals surface area contributed by atoms with Crippen LogP contribution in [0.2, 0.25) is 0 Å².